The van der Waals surface area contributed by atoms with E-state index in [0.29, 0.717) is 0 Å². The Balaban J connectivity index is 0.00000240. The van der Waals surface area contributed by atoms with E-state index in [0.717, 1.165) is 55.3 Å². The maximum absolute atomic E-state index is 12.7. The van der Waals surface area contributed by atoms with Gasteiger partial charge in [-0.1, -0.05) is 6.07 Å². The second-order valence-electron chi connectivity index (χ2n) is 7.92. The SMILES string of the molecule is CC(C(F)F)N1CC(S(=O)(=O)[N-]C(=O)Nc2c3c(cc4c2CCC4)CCC3)C1.[K+]. The number of benzene rings is 1. The molecule has 2 aliphatic carbocycles. The molecule has 4 rings (SSSR count). The Morgan fingerprint density at radius 3 is 2.21 bits per heavy atom. The number of amides is 2. The van der Waals surface area contributed by atoms with Gasteiger partial charge in [-0.2, -0.15) is 0 Å². The number of nitrogens with zero attached hydrogens (tertiary/aromatic N) is 2. The first-order valence-corrected chi connectivity index (χ1v) is 11.2. The molecule has 1 aromatic carbocycles. The summed E-state index contributed by atoms with van der Waals surface area (Å²) in [5.41, 5.74) is 5.40. The topological polar surface area (TPSA) is 80.6 Å². The van der Waals surface area contributed by atoms with E-state index in [4.69, 9.17) is 0 Å². The Labute approximate surface area is 212 Å². The summed E-state index contributed by atoms with van der Waals surface area (Å²) in [4.78, 5) is 13.8. The number of anilines is 1. The summed E-state index contributed by atoms with van der Waals surface area (Å²) in [5.74, 6) is 0. The van der Waals surface area contributed by atoms with Gasteiger partial charge in [0.25, 0.3) is 6.43 Å². The molecular weight excluding hydrogens is 427 g/mol. The molecular formula is C19H24F2KN3O3S. The Morgan fingerprint density at radius 1 is 1.14 bits per heavy atom. The van der Waals surface area contributed by atoms with Crippen molar-refractivity contribution in [1.29, 1.82) is 0 Å². The summed E-state index contributed by atoms with van der Waals surface area (Å²) >= 11 is 0. The molecule has 29 heavy (non-hydrogen) atoms. The van der Waals surface area contributed by atoms with Crippen LogP contribution in [0.1, 0.15) is 42.0 Å². The zero-order chi connectivity index (χ0) is 20.1. The van der Waals surface area contributed by atoms with E-state index >= 15 is 0 Å². The largest absolute Gasteiger partial charge is 1.00 e. The van der Waals surface area contributed by atoms with Gasteiger partial charge in [0, 0.05) is 13.1 Å². The van der Waals surface area contributed by atoms with E-state index in [1.165, 1.54) is 23.0 Å². The van der Waals surface area contributed by atoms with E-state index in [9.17, 15) is 22.0 Å². The monoisotopic (exact) mass is 451 g/mol. The van der Waals surface area contributed by atoms with Gasteiger partial charge in [-0.3, -0.25) is 9.69 Å². The molecule has 0 bridgehead atoms. The van der Waals surface area contributed by atoms with Crippen molar-refractivity contribution >= 4 is 21.7 Å². The van der Waals surface area contributed by atoms with E-state index in [1.54, 1.807) is 0 Å². The molecule has 1 N–H and O–H groups in total. The fourth-order valence-electron chi connectivity index (χ4n) is 4.44. The molecule has 1 heterocycles. The molecule has 1 aliphatic heterocycles. The molecule has 1 aromatic rings. The first-order chi connectivity index (χ1) is 13.3. The van der Waals surface area contributed by atoms with E-state index < -0.39 is 33.8 Å². The van der Waals surface area contributed by atoms with Gasteiger partial charge in [0.1, 0.15) is 0 Å². The Morgan fingerprint density at radius 2 is 1.69 bits per heavy atom. The number of likely N-dealkylation sites (tertiary alicyclic amines) is 1. The van der Waals surface area contributed by atoms with Crippen molar-refractivity contribution in [3.8, 4) is 0 Å². The molecule has 1 unspecified atom stereocenters. The van der Waals surface area contributed by atoms with Gasteiger partial charge >= 0.3 is 51.4 Å². The van der Waals surface area contributed by atoms with Crippen LogP contribution < -0.4 is 56.7 Å². The minimum absolute atomic E-state index is 0. The van der Waals surface area contributed by atoms with Crippen LogP contribution in [-0.4, -0.2) is 50.2 Å². The van der Waals surface area contributed by atoms with Crippen molar-refractivity contribution in [2.75, 3.05) is 18.4 Å². The molecule has 1 fully saturated rings. The van der Waals surface area contributed by atoms with Crippen molar-refractivity contribution in [3.05, 3.63) is 33.0 Å². The summed E-state index contributed by atoms with van der Waals surface area (Å²) in [6.45, 7) is 1.30. The Hall–Kier alpha value is -0.104. The predicted molar refractivity (Wildman–Crippen MR) is 103 cm³/mol. The minimum Gasteiger partial charge on any atom is -0.423 e. The number of hydrogen-bond acceptors (Lipinski definition) is 4. The van der Waals surface area contributed by atoms with Gasteiger partial charge in [-0.05, 0) is 73.4 Å². The van der Waals surface area contributed by atoms with Crippen LogP contribution in [0.3, 0.4) is 0 Å². The number of aryl methyl sites for hydroxylation is 2. The fraction of sp³-hybridized carbons (Fsp3) is 0.632. The number of rotatable bonds is 5. The Kier molecular flexibility index (Phi) is 7.45. The van der Waals surface area contributed by atoms with E-state index in [1.807, 2.05) is 0 Å². The zero-order valence-electron chi connectivity index (χ0n) is 16.7. The predicted octanol–water partition coefficient (Wildman–Crippen LogP) is 0.241. The first kappa shape index (κ1) is 23.6. The van der Waals surface area contributed by atoms with Crippen LogP contribution in [0.5, 0.6) is 0 Å². The number of urea groups is 1. The van der Waals surface area contributed by atoms with Crippen LogP contribution in [0, 0.1) is 0 Å². The van der Waals surface area contributed by atoms with Gasteiger partial charge in [0.05, 0.1) is 11.3 Å². The quantitative estimate of drug-likeness (QED) is 0.651. The van der Waals surface area contributed by atoms with E-state index in [-0.39, 0.29) is 64.5 Å². The van der Waals surface area contributed by atoms with Crippen LogP contribution in [0.15, 0.2) is 6.07 Å². The van der Waals surface area contributed by atoms with Gasteiger partial charge in [-0.25, -0.2) is 17.2 Å². The number of carbonyl (C=O) groups excluding carboxylic acids is 1. The van der Waals surface area contributed by atoms with Crippen molar-refractivity contribution in [2.24, 2.45) is 0 Å². The molecule has 0 saturated carbocycles. The molecule has 6 nitrogen and oxygen atoms in total. The number of sulfonamides is 1. The van der Waals surface area contributed by atoms with Crippen molar-refractivity contribution in [3.63, 3.8) is 0 Å². The number of halogens is 2. The van der Waals surface area contributed by atoms with Crippen molar-refractivity contribution in [2.45, 2.75) is 63.2 Å². The molecule has 10 heteroatoms. The van der Waals surface area contributed by atoms with Gasteiger partial charge in [-0.15, -0.1) is 0 Å². The summed E-state index contributed by atoms with van der Waals surface area (Å²) in [7, 11) is -4.04. The number of alkyl halides is 2. The second kappa shape index (κ2) is 9.18. The third-order valence-corrected chi connectivity index (χ3v) is 7.71. The smallest absolute Gasteiger partial charge is 0.423 e. The molecule has 154 valence electrons. The average Bonchev–Trinajstić information content (AvgIpc) is 3.20. The van der Waals surface area contributed by atoms with Gasteiger partial charge < -0.3 is 10.0 Å². The normalized spacial score (nSPS) is 19.9. The van der Waals surface area contributed by atoms with Gasteiger partial charge in [0.15, 0.2) is 16.1 Å². The summed E-state index contributed by atoms with van der Waals surface area (Å²) in [5, 5.41) is 1.83. The molecule has 1 atom stereocenters. The van der Waals surface area contributed by atoms with Crippen LogP contribution in [0.2, 0.25) is 0 Å². The number of fused-ring (bicyclic) bond motifs is 2. The maximum atomic E-state index is 12.7. The molecule has 3 aliphatic rings. The van der Waals surface area contributed by atoms with Crippen molar-refractivity contribution in [1.82, 2.24) is 4.90 Å². The molecule has 0 spiro atoms. The average molecular weight is 452 g/mol. The summed E-state index contributed by atoms with van der Waals surface area (Å²) < 4.78 is 53.6. The molecule has 0 radical (unpaired) electrons. The molecule has 2 amide bonds. The van der Waals surface area contributed by atoms with Crippen LogP contribution in [0.25, 0.3) is 4.72 Å². The van der Waals surface area contributed by atoms with Crippen LogP contribution >= 0.6 is 0 Å². The third-order valence-electron chi connectivity index (χ3n) is 6.15. The third kappa shape index (κ3) is 4.73. The molecule has 0 aromatic heterocycles. The number of carbonyl (C=O) groups is 1. The maximum Gasteiger partial charge on any atom is 1.00 e. The van der Waals surface area contributed by atoms with Crippen LogP contribution in [0.4, 0.5) is 19.3 Å². The van der Waals surface area contributed by atoms with Crippen LogP contribution in [-0.2, 0) is 35.7 Å². The van der Waals surface area contributed by atoms with Gasteiger partial charge in [0.2, 0.25) is 0 Å². The minimum atomic E-state index is -4.04. The van der Waals surface area contributed by atoms with E-state index in [2.05, 4.69) is 16.1 Å². The first-order valence-electron chi connectivity index (χ1n) is 9.73. The second-order valence-corrected chi connectivity index (χ2v) is 9.80. The molecule has 1 saturated heterocycles. The van der Waals surface area contributed by atoms with Crippen molar-refractivity contribution < 1.29 is 73.4 Å². The number of nitrogens with one attached hydrogen (secondary N) is 1. The summed E-state index contributed by atoms with van der Waals surface area (Å²) in [6.07, 6.45) is 3.20. The Bertz CT molecular complexity index is 872. The zero-order valence-corrected chi connectivity index (χ0v) is 20.7. The number of hydrogen-bond donors (Lipinski definition) is 1. The standard InChI is InChI=1S/C19H25F2N3O3S.K/c1-11(18(20)21)24-9-14(10-24)28(26,27)23-19(25)22-17-15-6-2-4-12(15)8-13-5-3-7-16(13)17;/h8,11,14,18H,2-7,9-10H2,1H3,(H2,22,23,25);/q;+1/p-1. The fourth-order valence-corrected chi connectivity index (χ4v) is 5.62. The summed E-state index contributed by atoms with van der Waals surface area (Å²) in [6, 6.07) is 0.325.